The zero-order valence-corrected chi connectivity index (χ0v) is 12.3. The average molecular weight is 288 g/mol. The Morgan fingerprint density at radius 1 is 1.48 bits per heavy atom. The lowest BCUT2D eigenvalue weighted by atomic mass is 10.1. The standard InChI is InChI=1S/C14H20N6O/c1-3-4-11(15)8-14(21)17-12-5-6-13(10(2)7-12)20-9-16-18-19-20/h5-7,9,11H,3-4,8,15H2,1-2H3,(H,17,21). The van der Waals surface area contributed by atoms with E-state index in [0.717, 1.165) is 29.8 Å². The number of rotatable bonds is 6. The summed E-state index contributed by atoms with van der Waals surface area (Å²) in [7, 11) is 0. The Morgan fingerprint density at radius 3 is 2.90 bits per heavy atom. The zero-order valence-electron chi connectivity index (χ0n) is 12.3. The fourth-order valence-corrected chi connectivity index (χ4v) is 2.18. The van der Waals surface area contributed by atoms with Gasteiger partial charge in [0.05, 0.1) is 5.69 Å². The molecular weight excluding hydrogens is 268 g/mol. The SMILES string of the molecule is CCCC(N)CC(=O)Nc1ccc(-n2cnnn2)c(C)c1. The van der Waals surface area contributed by atoms with Gasteiger partial charge < -0.3 is 11.1 Å². The molecule has 0 aliphatic carbocycles. The second-order valence-corrected chi connectivity index (χ2v) is 5.06. The second-order valence-electron chi connectivity index (χ2n) is 5.06. The molecule has 21 heavy (non-hydrogen) atoms. The molecule has 1 amide bonds. The second kappa shape index (κ2) is 6.94. The molecule has 0 radical (unpaired) electrons. The number of aryl methyl sites for hydroxylation is 1. The van der Waals surface area contributed by atoms with E-state index in [0.29, 0.717) is 6.42 Å². The van der Waals surface area contributed by atoms with Crippen LogP contribution in [0.25, 0.3) is 5.69 Å². The van der Waals surface area contributed by atoms with Gasteiger partial charge in [0, 0.05) is 18.2 Å². The maximum absolute atomic E-state index is 11.9. The number of anilines is 1. The molecule has 112 valence electrons. The van der Waals surface area contributed by atoms with Crippen molar-refractivity contribution in [1.29, 1.82) is 0 Å². The highest BCUT2D eigenvalue weighted by Gasteiger charge is 2.10. The van der Waals surface area contributed by atoms with Crippen molar-refractivity contribution in [3.63, 3.8) is 0 Å². The lowest BCUT2D eigenvalue weighted by Gasteiger charge is -2.12. The lowest BCUT2D eigenvalue weighted by Crippen LogP contribution is -2.26. The fraction of sp³-hybridized carbons (Fsp3) is 0.429. The first-order valence-electron chi connectivity index (χ1n) is 6.99. The van der Waals surface area contributed by atoms with E-state index in [2.05, 4.69) is 27.8 Å². The van der Waals surface area contributed by atoms with Gasteiger partial charge in [0.1, 0.15) is 6.33 Å². The Hall–Kier alpha value is -2.28. The topological polar surface area (TPSA) is 98.7 Å². The molecule has 0 aliphatic rings. The van der Waals surface area contributed by atoms with Crippen molar-refractivity contribution in [2.75, 3.05) is 5.32 Å². The molecule has 0 aliphatic heterocycles. The molecule has 0 bridgehead atoms. The number of hydrogen-bond donors (Lipinski definition) is 2. The number of carbonyl (C=O) groups excluding carboxylic acids is 1. The average Bonchev–Trinajstić information content (AvgIpc) is 2.92. The summed E-state index contributed by atoms with van der Waals surface area (Å²) in [4.78, 5) is 11.9. The molecule has 1 unspecified atom stereocenters. The first-order chi connectivity index (χ1) is 10.1. The van der Waals surface area contributed by atoms with Crippen LogP contribution in [-0.2, 0) is 4.79 Å². The molecule has 1 aromatic heterocycles. The van der Waals surface area contributed by atoms with Gasteiger partial charge in [-0.2, -0.15) is 0 Å². The molecular formula is C14H20N6O. The van der Waals surface area contributed by atoms with Crippen molar-refractivity contribution in [3.8, 4) is 5.69 Å². The van der Waals surface area contributed by atoms with Crippen LogP contribution in [0.2, 0.25) is 0 Å². The molecule has 2 aromatic rings. The van der Waals surface area contributed by atoms with Gasteiger partial charge in [-0.05, 0) is 47.5 Å². The van der Waals surface area contributed by atoms with Crippen LogP contribution < -0.4 is 11.1 Å². The minimum atomic E-state index is -0.0865. The third kappa shape index (κ3) is 4.09. The Kier molecular flexibility index (Phi) is 4.99. The number of amides is 1. The van der Waals surface area contributed by atoms with E-state index in [4.69, 9.17) is 5.73 Å². The smallest absolute Gasteiger partial charge is 0.225 e. The van der Waals surface area contributed by atoms with E-state index in [-0.39, 0.29) is 11.9 Å². The fourth-order valence-electron chi connectivity index (χ4n) is 2.18. The van der Waals surface area contributed by atoms with Gasteiger partial charge >= 0.3 is 0 Å². The van der Waals surface area contributed by atoms with Gasteiger partial charge in [-0.15, -0.1) is 5.10 Å². The molecule has 0 saturated heterocycles. The first kappa shape index (κ1) is 15.1. The largest absolute Gasteiger partial charge is 0.327 e. The quantitative estimate of drug-likeness (QED) is 0.837. The zero-order chi connectivity index (χ0) is 15.2. The lowest BCUT2D eigenvalue weighted by molar-refractivity contribution is -0.116. The summed E-state index contributed by atoms with van der Waals surface area (Å²) < 4.78 is 1.58. The van der Waals surface area contributed by atoms with Gasteiger partial charge in [0.25, 0.3) is 0 Å². The Balaban J connectivity index is 2.02. The van der Waals surface area contributed by atoms with Gasteiger partial charge in [-0.3, -0.25) is 4.79 Å². The molecule has 0 fully saturated rings. The van der Waals surface area contributed by atoms with E-state index < -0.39 is 0 Å². The number of benzene rings is 1. The highest BCUT2D eigenvalue weighted by molar-refractivity contribution is 5.91. The van der Waals surface area contributed by atoms with Crippen LogP contribution in [0.4, 0.5) is 5.69 Å². The number of tetrazole rings is 1. The summed E-state index contributed by atoms with van der Waals surface area (Å²) in [5.74, 6) is -0.0643. The van der Waals surface area contributed by atoms with Crippen LogP contribution in [0.5, 0.6) is 0 Å². The Bertz CT molecular complexity index is 596. The number of carbonyl (C=O) groups is 1. The maximum atomic E-state index is 11.9. The summed E-state index contributed by atoms with van der Waals surface area (Å²) in [6.07, 6.45) is 3.70. The van der Waals surface area contributed by atoms with E-state index in [1.807, 2.05) is 25.1 Å². The van der Waals surface area contributed by atoms with Crippen molar-refractivity contribution >= 4 is 11.6 Å². The number of hydrogen-bond acceptors (Lipinski definition) is 5. The van der Waals surface area contributed by atoms with Crippen LogP contribution in [0, 0.1) is 6.92 Å². The van der Waals surface area contributed by atoms with Crippen molar-refractivity contribution < 1.29 is 4.79 Å². The van der Waals surface area contributed by atoms with Crippen LogP contribution in [0.15, 0.2) is 24.5 Å². The minimum absolute atomic E-state index is 0.0643. The summed E-state index contributed by atoms with van der Waals surface area (Å²) in [5, 5.41) is 13.9. The van der Waals surface area contributed by atoms with Crippen LogP contribution in [0.1, 0.15) is 31.7 Å². The van der Waals surface area contributed by atoms with Gasteiger partial charge in [0.2, 0.25) is 5.91 Å². The number of nitrogens with two attached hydrogens (primary N) is 1. The molecule has 0 saturated carbocycles. The molecule has 3 N–H and O–H groups in total. The molecule has 1 atom stereocenters. The Morgan fingerprint density at radius 2 is 2.29 bits per heavy atom. The third-order valence-corrected chi connectivity index (χ3v) is 3.18. The van der Waals surface area contributed by atoms with Gasteiger partial charge in [-0.25, -0.2) is 4.68 Å². The van der Waals surface area contributed by atoms with Crippen molar-refractivity contribution in [2.45, 2.75) is 39.2 Å². The maximum Gasteiger partial charge on any atom is 0.225 e. The van der Waals surface area contributed by atoms with Gasteiger partial charge in [-0.1, -0.05) is 13.3 Å². The molecule has 2 rings (SSSR count). The molecule has 1 heterocycles. The van der Waals surface area contributed by atoms with Crippen LogP contribution in [-0.4, -0.2) is 32.2 Å². The summed E-state index contributed by atoms with van der Waals surface area (Å²) in [5.41, 5.74) is 8.46. The molecule has 7 nitrogen and oxygen atoms in total. The Labute approximate surface area is 123 Å². The first-order valence-corrected chi connectivity index (χ1v) is 6.99. The number of nitrogens with one attached hydrogen (secondary N) is 1. The van der Waals surface area contributed by atoms with Crippen molar-refractivity contribution in [2.24, 2.45) is 5.73 Å². The van der Waals surface area contributed by atoms with Crippen LogP contribution in [0.3, 0.4) is 0 Å². The molecule has 1 aromatic carbocycles. The summed E-state index contributed by atoms with van der Waals surface area (Å²) in [6.45, 7) is 3.99. The van der Waals surface area contributed by atoms with E-state index in [1.165, 1.54) is 6.33 Å². The normalized spacial score (nSPS) is 12.1. The van der Waals surface area contributed by atoms with Crippen molar-refractivity contribution in [3.05, 3.63) is 30.1 Å². The van der Waals surface area contributed by atoms with Gasteiger partial charge in [0.15, 0.2) is 0 Å². The minimum Gasteiger partial charge on any atom is -0.327 e. The predicted octanol–water partition coefficient (Wildman–Crippen LogP) is 1.43. The monoisotopic (exact) mass is 288 g/mol. The summed E-state index contributed by atoms with van der Waals surface area (Å²) in [6, 6.07) is 5.50. The van der Waals surface area contributed by atoms with E-state index in [1.54, 1.807) is 4.68 Å². The van der Waals surface area contributed by atoms with Crippen molar-refractivity contribution in [1.82, 2.24) is 20.2 Å². The third-order valence-electron chi connectivity index (χ3n) is 3.18. The summed E-state index contributed by atoms with van der Waals surface area (Å²) >= 11 is 0. The highest BCUT2D eigenvalue weighted by Crippen LogP contribution is 2.18. The highest BCUT2D eigenvalue weighted by atomic mass is 16.1. The number of nitrogens with zero attached hydrogens (tertiary/aromatic N) is 4. The van der Waals surface area contributed by atoms with Crippen LogP contribution >= 0.6 is 0 Å². The molecule has 7 heteroatoms. The van der Waals surface area contributed by atoms with E-state index >= 15 is 0 Å². The number of aromatic nitrogens is 4. The molecule has 0 spiro atoms. The predicted molar refractivity (Wildman–Crippen MR) is 80.0 cm³/mol. The van der Waals surface area contributed by atoms with E-state index in [9.17, 15) is 4.79 Å².